The molecule has 0 bridgehead atoms. The zero-order valence-electron chi connectivity index (χ0n) is 14.1. The Balaban J connectivity index is 1.57. The van der Waals surface area contributed by atoms with Gasteiger partial charge >= 0.3 is 0 Å². The first-order valence-corrected chi connectivity index (χ1v) is 8.80. The highest BCUT2D eigenvalue weighted by Crippen LogP contribution is 2.43. The number of carbonyl (C=O) groups excluding carboxylic acids is 1. The largest absolute Gasteiger partial charge is 0.496 e. The van der Waals surface area contributed by atoms with Crippen LogP contribution in [-0.2, 0) is 4.74 Å². The molecule has 2 saturated heterocycles. The lowest BCUT2D eigenvalue weighted by atomic mass is 9.70. The summed E-state index contributed by atoms with van der Waals surface area (Å²) in [5.41, 5.74) is -0.370. The van der Waals surface area contributed by atoms with E-state index in [1.165, 1.54) is 13.2 Å². The maximum atomic E-state index is 14.2. The zero-order valence-corrected chi connectivity index (χ0v) is 14.1. The lowest BCUT2D eigenvalue weighted by molar-refractivity contribution is -0.0747. The van der Waals surface area contributed by atoms with Crippen LogP contribution in [0.25, 0.3) is 0 Å². The van der Waals surface area contributed by atoms with Crippen molar-refractivity contribution in [2.24, 2.45) is 5.92 Å². The molecule has 4 rings (SSSR count). The molecule has 1 saturated carbocycles. The fourth-order valence-corrected chi connectivity index (χ4v) is 4.48. The standard InChI is InChI=1S/C18H22F2N2O3/c1-24-12-5-4-11(19)14(20)13(12)18(23)21-15-10-6-9-25-17(10)16(15)22-7-2-3-8-22/h4-5,10,15-17H,2-3,6-9H2,1H3,(H,21,23)/t10-,15+,16-,17-/m0/s1. The second-order valence-corrected chi connectivity index (χ2v) is 6.96. The van der Waals surface area contributed by atoms with Crippen LogP contribution in [-0.4, -0.2) is 55.8 Å². The van der Waals surface area contributed by atoms with E-state index < -0.39 is 17.5 Å². The number of ether oxygens (including phenoxy) is 2. The van der Waals surface area contributed by atoms with Gasteiger partial charge in [-0.3, -0.25) is 9.69 Å². The summed E-state index contributed by atoms with van der Waals surface area (Å²) in [5, 5.41) is 2.93. The number of fused-ring (bicyclic) bond motifs is 1. The topological polar surface area (TPSA) is 50.8 Å². The molecule has 0 aromatic heterocycles. The fourth-order valence-electron chi connectivity index (χ4n) is 4.48. The van der Waals surface area contributed by atoms with Gasteiger partial charge < -0.3 is 14.8 Å². The van der Waals surface area contributed by atoms with Crippen LogP contribution in [0.5, 0.6) is 5.75 Å². The Kier molecular flexibility index (Phi) is 4.37. The number of hydrogen-bond acceptors (Lipinski definition) is 4. The summed E-state index contributed by atoms with van der Waals surface area (Å²) in [5.74, 6) is -2.59. The predicted molar refractivity (Wildman–Crippen MR) is 86.6 cm³/mol. The van der Waals surface area contributed by atoms with E-state index in [-0.39, 0.29) is 35.4 Å². The number of amides is 1. The van der Waals surface area contributed by atoms with Crippen LogP contribution >= 0.6 is 0 Å². The lowest BCUT2D eigenvalue weighted by Gasteiger charge is -2.51. The van der Waals surface area contributed by atoms with Crippen molar-refractivity contribution in [1.29, 1.82) is 0 Å². The van der Waals surface area contributed by atoms with Crippen molar-refractivity contribution in [3.63, 3.8) is 0 Å². The Morgan fingerprint density at radius 3 is 2.80 bits per heavy atom. The third-order valence-corrected chi connectivity index (χ3v) is 5.71. The van der Waals surface area contributed by atoms with Crippen LogP contribution in [0.3, 0.4) is 0 Å². The highest BCUT2D eigenvalue weighted by Gasteiger charge is 2.57. The Labute approximate surface area is 145 Å². The van der Waals surface area contributed by atoms with Gasteiger partial charge in [0.2, 0.25) is 0 Å². The van der Waals surface area contributed by atoms with E-state index in [4.69, 9.17) is 9.47 Å². The minimum absolute atomic E-state index is 0.0349. The number of nitrogens with zero attached hydrogens (tertiary/aromatic N) is 1. The molecule has 1 aliphatic carbocycles. The molecule has 0 spiro atoms. The van der Waals surface area contributed by atoms with E-state index in [0.717, 1.165) is 38.4 Å². The van der Waals surface area contributed by atoms with E-state index >= 15 is 0 Å². The maximum absolute atomic E-state index is 14.2. The average Bonchev–Trinajstić information content (AvgIpc) is 3.26. The summed E-state index contributed by atoms with van der Waals surface area (Å²) in [6.07, 6.45) is 3.28. The van der Waals surface area contributed by atoms with E-state index in [2.05, 4.69) is 10.2 Å². The molecular formula is C18H22F2N2O3. The third-order valence-electron chi connectivity index (χ3n) is 5.71. The smallest absolute Gasteiger partial charge is 0.258 e. The van der Waals surface area contributed by atoms with Crippen LogP contribution in [0.4, 0.5) is 8.78 Å². The molecule has 0 unspecified atom stereocenters. The summed E-state index contributed by atoms with van der Waals surface area (Å²) >= 11 is 0. The normalized spacial score (nSPS) is 31.5. The second-order valence-electron chi connectivity index (χ2n) is 6.96. The molecule has 1 amide bonds. The molecule has 7 heteroatoms. The second kappa shape index (κ2) is 6.53. The summed E-state index contributed by atoms with van der Waals surface area (Å²) in [6.45, 7) is 2.66. The monoisotopic (exact) mass is 352 g/mol. The van der Waals surface area contributed by atoms with Gasteiger partial charge in [-0.1, -0.05) is 0 Å². The van der Waals surface area contributed by atoms with Crippen LogP contribution in [0, 0.1) is 17.6 Å². The number of hydrogen-bond donors (Lipinski definition) is 1. The summed E-state index contributed by atoms with van der Waals surface area (Å²) in [6, 6.07) is 2.24. The number of rotatable bonds is 4. The Hall–Kier alpha value is -1.73. The Morgan fingerprint density at radius 1 is 1.32 bits per heavy atom. The first kappa shape index (κ1) is 16.7. The van der Waals surface area contributed by atoms with Crippen LogP contribution in [0.1, 0.15) is 29.6 Å². The number of carbonyl (C=O) groups is 1. The molecule has 1 N–H and O–H groups in total. The number of likely N-dealkylation sites (tertiary alicyclic amines) is 1. The molecule has 1 aromatic rings. The van der Waals surface area contributed by atoms with Gasteiger partial charge in [0.15, 0.2) is 11.6 Å². The minimum Gasteiger partial charge on any atom is -0.496 e. The summed E-state index contributed by atoms with van der Waals surface area (Å²) in [4.78, 5) is 15.0. The number of nitrogens with one attached hydrogen (secondary N) is 1. The fraction of sp³-hybridized carbons (Fsp3) is 0.611. The molecule has 1 aromatic carbocycles. The average molecular weight is 352 g/mol. The third kappa shape index (κ3) is 2.69. The van der Waals surface area contributed by atoms with Crippen molar-refractivity contribution < 1.29 is 23.0 Å². The molecule has 3 fully saturated rings. The van der Waals surface area contributed by atoms with Gasteiger partial charge in [-0.15, -0.1) is 0 Å². The molecule has 25 heavy (non-hydrogen) atoms. The minimum atomic E-state index is -1.17. The quantitative estimate of drug-likeness (QED) is 0.900. The van der Waals surface area contributed by atoms with Gasteiger partial charge in [0, 0.05) is 12.5 Å². The van der Waals surface area contributed by atoms with Crippen molar-refractivity contribution >= 4 is 5.91 Å². The zero-order chi connectivity index (χ0) is 17.6. The van der Waals surface area contributed by atoms with Gasteiger partial charge in [0.05, 0.1) is 25.3 Å². The van der Waals surface area contributed by atoms with Crippen molar-refractivity contribution in [1.82, 2.24) is 10.2 Å². The summed E-state index contributed by atoms with van der Waals surface area (Å²) < 4.78 is 38.7. The maximum Gasteiger partial charge on any atom is 0.258 e. The van der Waals surface area contributed by atoms with E-state index in [1.54, 1.807) is 0 Å². The van der Waals surface area contributed by atoms with Crippen molar-refractivity contribution in [2.75, 3.05) is 26.8 Å². The van der Waals surface area contributed by atoms with Crippen molar-refractivity contribution in [2.45, 2.75) is 37.5 Å². The van der Waals surface area contributed by atoms with Gasteiger partial charge in [0.1, 0.15) is 11.3 Å². The molecule has 0 radical (unpaired) electrons. The van der Waals surface area contributed by atoms with Crippen LogP contribution < -0.4 is 10.1 Å². The summed E-state index contributed by atoms with van der Waals surface area (Å²) in [7, 11) is 1.33. The Bertz CT molecular complexity index is 674. The van der Waals surface area contributed by atoms with Crippen molar-refractivity contribution in [3.8, 4) is 5.75 Å². The number of halogens is 2. The molecule has 2 aliphatic heterocycles. The molecule has 5 nitrogen and oxygen atoms in total. The number of benzene rings is 1. The molecular weight excluding hydrogens is 330 g/mol. The van der Waals surface area contributed by atoms with E-state index in [1.807, 2.05) is 0 Å². The molecule has 3 aliphatic rings. The van der Waals surface area contributed by atoms with E-state index in [9.17, 15) is 13.6 Å². The van der Waals surface area contributed by atoms with Crippen LogP contribution in [0.2, 0.25) is 0 Å². The van der Waals surface area contributed by atoms with E-state index in [0.29, 0.717) is 6.61 Å². The number of methoxy groups -OCH3 is 1. The van der Waals surface area contributed by atoms with Crippen molar-refractivity contribution in [3.05, 3.63) is 29.3 Å². The highest BCUT2D eigenvalue weighted by molar-refractivity contribution is 5.97. The van der Waals surface area contributed by atoms with Crippen LogP contribution in [0.15, 0.2) is 12.1 Å². The lowest BCUT2D eigenvalue weighted by Crippen LogP contribution is -2.70. The first-order valence-electron chi connectivity index (χ1n) is 8.80. The molecule has 4 atom stereocenters. The molecule has 2 heterocycles. The van der Waals surface area contributed by atoms with Gasteiger partial charge in [-0.25, -0.2) is 8.78 Å². The Morgan fingerprint density at radius 2 is 2.08 bits per heavy atom. The van der Waals surface area contributed by atoms with Gasteiger partial charge in [-0.2, -0.15) is 0 Å². The molecule has 136 valence electrons. The van der Waals surface area contributed by atoms with Gasteiger partial charge in [0.25, 0.3) is 5.91 Å². The van der Waals surface area contributed by atoms with Gasteiger partial charge in [-0.05, 0) is 44.5 Å². The predicted octanol–water partition coefficient (Wildman–Crippen LogP) is 1.95. The SMILES string of the molecule is COc1ccc(F)c(F)c1C(=O)N[C@@H]1[C@@H]2CCO[C@@H]2[C@H]1N1CCCC1. The first-order chi connectivity index (χ1) is 12.1. The highest BCUT2D eigenvalue weighted by atomic mass is 19.2.